The van der Waals surface area contributed by atoms with Crippen LogP contribution in [-0.4, -0.2) is 35.9 Å². The van der Waals surface area contributed by atoms with Crippen LogP contribution in [0.5, 0.6) is 5.75 Å². The Morgan fingerprint density at radius 2 is 2.11 bits per heavy atom. The van der Waals surface area contributed by atoms with Crippen molar-refractivity contribution in [2.75, 3.05) is 13.2 Å². The summed E-state index contributed by atoms with van der Waals surface area (Å²) in [7, 11) is 0. The van der Waals surface area contributed by atoms with E-state index in [0.29, 0.717) is 30.8 Å². The zero-order chi connectivity index (χ0) is 14.1. The molecule has 0 spiro atoms. The first kappa shape index (κ1) is 15.0. The van der Waals surface area contributed by atoms with Crippen molar-refractivity contribution in [1.29, 1.82) is 5.26 Å². The topological polar surface area (TPSA) is 103 Å². The smallest absolute Gasteiger partial charge is 0.207 e. The van der Waals surface area contributed by atoms with E-state index in [2.05, 4.69) is 5.32 Å². The number of hydrogen-bond donors (Lipinski definition) is 3. The largest absolute Gasteiger partial charge is 0.493 e. The zero-order valence-electron chi connectivity index (χ0n) is 10.3. The average Bonchev–Trinajstić information content (AvgIpc) is 2.45. The highest BCUT2D eigenvalue weighted by Gasteiger charge is 2.19. The standard InChI is InChI=1S/C13H16N2O4/c14-6-1-7-19-11-4-2-10(3-5-11)13(18)12(8-16)15-9-17/h2-5,9,12-13,16,18H,1,7-8H2,(H,15,17). The molecular weight excluding hydrogens is 248 g/mol. The maximum atomic E-state index is 10.3. The van der Waals surface area contributed by atoms with Crippen molar-refractivity contribution in [3.05, 3.63) is 29.8 Å². The molecular formula is C13H16N2O4. The second-order valence-electron chi connectivity index (χ2n) is 3.84. The van der Waals surface area contributed by atoms with Crippen LogP contribution < -0.4 is 10.1 Å². The van der Waals surface area contributed by atoms with Crippen molar-refractivity contribution < 1.29 is 19.7 Å². The SMILES string of the molecule is N#CCCOc1ccc(C(O)C(CO)NC=O)cc1. The lowest BCUT2D eigenvalue weighted by Crippen LogP contribution is -2.37. The lowest BCUT2D eigenvalue weighted by Gasteiger charge is -2.20. The predicted octanol–water partition coefficient (Wildman–Crippen LogP) is 0.119. The van der Waals surface area contributed by atoms with E-state index in [4.69, 9.17) is 15.1 Å². The van der Waals surface area contributed by atoms with Crippen LogP contribution in [0.4, 0.5) is 0 Å². The number of aliphatic hydroxyl groups excluding tert-OH is 2. The summed E-state index contributed by atoms with van der Waals surface area (Å²) >= 11 is 0. The summed E-state index contributed by atoms with van der Waals surface area (Å²) in [5.74, 6) is 0.593. The molecule has 0 heterocycles. The first-order valence-corrected chi connectivity index (χ1v) is 5.81. The fraction of sp³-hybridized carbons (Fsp3) is 0.385. The van der Waals surface area contributed by atoms with Crippen LogP contribution in [0.15, 0.2) is 24.3 Å². The van der Waals surface area contributed by atoms with Gasteiger partial charge >= 0.3 is 0 Å². The van der Waals surface area contributed by atoms with Crippen molar-refractivity contribution in [2.24, 2.45) is 0 Å². The Balaban J connectivity index is 2.64. The van der Waals surface area contributed by atoms with Crippen LogP contribution in [0, 0.1) is 11.3 Å². The van der Waals surface area contributed by atoms with E-state index in [1.807, 2.05) is 6.07 Å². The monoisotopic (exact) mass is 264 g/mol. The summed E-state index contributed by atoms with van der Waals surface area (Å²) in [5, 5.41) is 29.7. The molecule has 0 aliphatic rings. The predicted molar refractivity (Wildman–Crippen MR) is 67.2 cm³/mol. The molecule has 0 saturated carbocycles. The summed E-state index contributed by atoms with van der Waals surface area (Å²) in [6.07, 6.45) is -0.257. The molecule has 6 nitrogen and oxygen atoms in total. The molecule has 102 valence electrons. The Kier molecular flexibility index (Phi) is 6.36. The minimum Gasteiger partial charge on any atom is -0.493 e. The maximum Gasteiger partial charge on any atom is 0.207 e. The van der Waals surface area contributed by atoms with E-state index in [-0.39, 0.29) is 6.61 Å². The first-order valence-electron chi connectivity index (χ1n) is 5.81. The number of ether oxygens (including phenoxy) is 1. The van der Waals surface area contributed by atoms with E-state index >= 15 is 0 Å². The van der Waals surface area contributed by atoms with Crippen molar-refractivity contribution in [3.63, 3.8) is 0 Å². The van der Waals surface area contributed by atoms with Gasteiger partial charge in [-0.1, -0.05) is 12.1 Å². The molecule has 1 aromatic rings. The number of carbonyl (C=O) groups excluding carboxylic acids is 1. The van der Waals surface area contributed by atoms with E-state index in [9.17, 15) is 9.90 Å². The molecule has 0 aromatic heterocycles. The molecule has 1 rings (SSSR count). The van der Waals surface area contributed by atoms with Gasteiger partial charge in [0.2, 0.25) is 6.41 Å². The summed E-state index contributed by atoms with van der Waals surface area (Å²) in [6, 6.07) is 7.82. The molecule has 1 amide bonds. The second kappa shape index (κ2) is 8.08. The third-order valence-corrected chi connectivity index (χ3v) is 2.56. The summed E-state index contributed by atoms with van der Waals surface area (Å²) in [6.45, 7) is -0.0509. The highest BCUT2D eigenvalue weighted by Crippen LogP contribution is 2.20. The van der Waals surface area contributed by atoms with Crippen LogP contribution in [0.3, 0.4) is 0 Å². The molecule has 0 fully saturated rings. The van der Waals surface area contributed by atoms with Crippen LogP contribution in [0.1, 0.15) is 18.1 Å². The molecule has 6 heteroatoms. The fourth-order valence-electron chi connectivity index (χ4n) is 1.54. The number of nitrogens with one attached hydrogen (secondary N) is 1. The van der Waals surface area contributed by atoms with Gasteiger partial charge < -0.3 is 20.3 Å². The highest BCUT2D eigenvalue weighted by atomic mass is 16.5. The number of benzene rings is 1. The molecule has 0 aliphatic heterocycles. The normalized spacial score (nSPS) is 13.1. The molecule has 0 radical (unpaired) electrons. The Bertz CT molecular complexity index is 427. The van der Waals surface area contributed by atoms with Gasteiger partial charge in [0, 0.05) is 0 Å². The average molecular weight is 264 g/mol. The van der Waals surface area contributed by atoms with Crippen molar-refractivity contribution >= 4 is 6.41 Å². The first-order chi connectivity index (χ1) is 9.22. The lowest BCUT2D eigenvalue weighted by atomic mass is 10.0. The van der Waals surface area contributed by atoms with Crippen molar-refractivity contribution in [3.8, 4) is 11.8 Å². The maximum absolute atomic E-state index is 10.3. The van der Waals surface area contributed by atoms with Crippen LogP contribution in [-0.2, 0) is 4.79 Å². The minimum atomic E-state index is -0.997. The molecule has 2 unspecified atom stereocenters. The second-order valence-corrected chi connectivity index (χ2v) is 3.84. The Morgan fingerprint density at radius 1 is 1.42 bits per heavy atom. The lowest BCUT2D eigenvalue weighted by molar-refractivity contribution is -0.111. The van der Waals surface area contributed by atoms with E-state index in [1.54, 1.807) is 24.3 Å². The molecule has 0 bridgehead atoms. The number of aliphatic hydroxyl groups is 2. The van der Waals surface area contributed by atoms with Gasteiger partial charge in [-0.05, 0) is 17.7 Å². The van der Waals surface area contributed by atoms with Gasteiger partial charge in [-0.3, -0.25) is 4.79 Å². The van der Waals surface area contributed by atoms with Crippen molar-refractivity contribution in [1.82, 2.24) is 5.32 Å². The summed E-state index contributed by atoms with van der Waals surface area (Å²) < 4.78 is 5.29. The van der Waals surface area contributed by atoms with Gasteiger partial charge in [-0.25, -0.2) is 0 Å². The molecule has 3 N–H and O–H groups in total. The van der Waals surface area contributed by atoms with Crippen molar-refractivity contribution in [2.45, 2.75) is 18.6 Å². The van der Waals surface area contributed by atoms with Crippen LogP contribution in [0.2, 0.25) is 0 Å². The Labute approximate surface area is 111 Å². The quantitative estimate of drug-likeness (QED) is 0.457. The Morgan fingerprint density at radius 3 is 2.63 bits per heavy atom. The minimum absolute atomic E-state index is 0.306. The van der Waals surface area contributed by atoms with Gasteiger partial charge in [0.15, 0.2) is 0 Å². The van der Waals surface area contributed by atoms with Gasteiger partial charge in [0.25, 0.3) is 0 Å². The Hall–Kier alpha value is -2.10. The molecule has 19 heavy (non-hydrogen) atoms. The number of carbonyl (C=O) groups is 1. The van der Waals surface area contributed by atoms with Gasteiger partial charge in [0.1, 0.15) is 18.5 Å². The van der Waals surface area contributed by atoms with Gasteiger partial charge in [-0.2, -0.15) is 5.26 Å². The molecule has 0 saturated heterocycles. The molecule has 2 atom stereocenters. The summed E-state index contributed by atoms with van der Waals surface area (Å²) in [5.41, 5.74) is 0.557. The number of amides is 1. The van der Waals surface area contributed by atoms with Gasteiger partial charge in [0.05, 0.1) is 25.1 Å². The number of hydrogen-bond acceptors (Lipinski definition) is 5. The van der Waals surface area contributed by atoms with Gasteiger partial charge in [-0.15, -0.1) is 0 Å². The van der Waals surface area contributed by atoms with E-state index < -0.39 is 12.1 Å². The third-order valence-electron chi connectivity index (χ3n) is 2.56. The summed E-state index contributed by atoms with van der Waals surface area (Å²) in [4.78, 5) is 10.3. The van der Waals surface area contributed by atoms with E-state index in [1.165, 1.54) is 0 Å². The number of nitriles is 1. The van der Waals surface area contributed by atoms with E-state index in [0.717, 1.165) is 0 Å². The fourth-order valence-corrected chi connectivity index (χ4v) is 1.54. The number of nitrogens with zero attached hydrogens (tertiary/aromatic N) is 1. The molecule has 1 aromatic carbocycles. The zero-order valence-corrected chi connectivity index (χ0v) is 10.3. The highest BCUT2D eigenvalue weighted by molar-refractivity contribution is 5.47. The molecule has 0 aliphatic carbocycles. The van der Waals surface area contributed by atoms with Crippen LogP contribution >= 0.6 is 0 Å². The third kappa shape index (κ3) is 4.58. The van der Waals surface area contributed by atoms with Crippen LogP contribution in [0.25, 0.3) is 0 Å². The number of rotatable bonds is 8.